The second kappa shape index (κ2) is 10.6. The second-order valence-corrected chi connectivity index (χ2v) is 4.41. The molecule has 112 valence electrons. The van der Waals surface area contributed by atoms with Gasteiger partial charge in [-0.2, -0.15) is 0 Å². The third-order valence-corrected chi connectivity index (χ3v) is 2.19. The van der Waals surface area contributed by atoms with Crippen molar-refractivity contribution >= 4 is 12.1 Å². The summed E-state index contributed by atoms with van der Waals surface area (Å²) in [4.78, 5) is 22.3. The summed E-state index contributed by atoms with van der Waals surface area (Å²) < 4.78 is 14.7. The molecule has 0 aliphatic carbocycles. The van der Waals surface area contributed by atoms with Crippen molar-refractivity contribution in [3.8, 4) is 0 Å². The third kappa shape index (κ3) is 10.3. The molecular weight excluding hydrogens is 254 g/mol. The van der Waals surface area contributed by atoms with Crippen molar-refractivity contribution in [1.29, 1.82) is 0 Å². The fourth-order valence-corrected chi connectivity index (χ4v) is 1.31. The van der Waals surface area contributed by atoms with E-state index in [4.69, 9.17) is 19.3 Å². The molecule has 0 aromatic heterocycles. The van der Waals surface area contributed by atoms with Gasteiger partial charge < -0.3 is 24.6 Å². The Hall–Kier alpha value is -1.34. The molecule has 0 aromatic carbocycles. The Bertz CT molecular complexity index is 269. The number of rotatable bonds is 10. The van der Waals surface area contributed by atoms with Gasteiger partial charge in [-0.15, -0.1) is 0 Å². The molecule has 7 nitrogen and oxygen atoms in total. The first-order valence-corrected chi connectivity index (χ1v) is 6.20. The van der Waals surface area contributed by atoms with Gasteiger partial charge in [0.2, 0.25) is 0 Å². The molecular formula is C12H23NO6. The average molecular weight is 277 g/mol. The molecule has 0 saturated heterocycles. The topological polar surface area (TPSA) is 94.1 Å². The predicted molar refractivity (Wildman–Crippen MR) is 68.1 cm³/mol. The quantitative estimate of drug-likeness (QED) is 0.576. The van der Waals surface area contributed by atoms with Gasteiger partial charge in [0.05, 0.1) is 19.8 Å². The molecule has 19 heavy (non-hydrogen) atoms. The van der Waals surface area contributed by atoms with Crippen molar-refractivity contribution in [2.24, 2.45) is 5.92 Å². The highest BCUT2D eigenvalue weighted by Crippen LogP contribution is 2.05. The van der Waals surface area contributed by atoms with E-state index in [1.54, 1.807) is 7.11 Å². The summed E-state index contributed by atoms with van der Waals surface area (Å²) in [5.41, 5.74) is 0. The number of amides is 1. The number of ether oxygens (including phenoxy) is 3. The minimum atomic E-state index is -1.07. The second-order valence-electron chi connectivity index (χ2n) is 4.41. The minimum absolute atomic E-state index is 0.0730. The van der Waals surface area contributed by atoms with Crippen LogP contribution in [0.5, 0.6) is 0 Å². The maximum atomic E-state index is 11.4. The summed E-state index contributed by atoms with van der Waals surface area (Å²) in [6.45, 7) is 4.98. The summed E-state index contributed by atoms with van der Waals surface area (Å²) in [6.07, 6.45) is -0.391. The van der Waals surface area contributed by atoms with E-state index in [0.29, 0.717) is 19.6 Å². The first-order chi connectivity index (χ1) is 8.97. The summed E-state index contributed by atoms with van der Waals surface area (Å²) in [7, 11) is 1.56. The monoisotopic (exact) mass is 277 g/mol. The van der Waals surface area contributed by atoms with Gasteiger partial charge in [0.15, 0.2) is 0 Å². The van der Waals surface area contributed by atoms with Gasteiger partial charge >= 0.3 is 12.1 Å². The molecule has 0 unspecified atom stereocenters. The Morgan fingerprint density at radius 2 is 1.79 bits per heavy atom. The largest absolute Gasteiger partial charge is 0.480 e. The number of carboxylic acid groups (broad SMARTS) is 1. The smallest absolute Gasteiger partial charge is 0.407 e. The molecule has 1 amide bonds. The van der Waals surface area contributed by atoms with Gasteiger partial charge in [-0.05, 0) is 12.3 Å². The fraction of sp³-hybridized carbons (Fsp3) is 0.833. The van der Waals surface area contributed by atoms with Crippen molar-refractivity contribution in [1.82, 2.24) is 5.32 Å². The van der Waals surface area contributed by atoms with Crippen LogP contribution in [0.25, 0.3) is 0 Å². The third-order valence-electron chi connectivity index (χ3n) is 2.19. The predicted octanol–water partition coefficient (Wildman–Crippen LogP) is 0.875. The maximum absolute atomic E-state index is 11.4. The summed E-state index contributed by atoms with van der Waals surface area (Å²) in [5, 5.41) is 11.2. The SMILES string of the molecule is COCCOCCOC(=O)N[C@@H](CC(C)C)C(=O)O. The number of hydrogen-bond donors (Lipinski definition) is 2. The molecule has 1 atom stereocenters. The Balaban J connectivity index is 3.78. The maximum Gasteiger partial charge on any atom is 0.407 e. The number of hydrogen-bond acceptors (Lipinski definition) is 5. The van der Waals surface area contributed by atoms with E-state index in [1.807, 2.05) is 13.8 Å². The van der Waals surface area contributed by atoms with Gasteiger partial charge in [0, 0.05) is 7.11 Å². The van der Waals surface area contributed by atoms with Crippen LogP contribution < -0.4 is 5.32 Å². The molecule has 0 bridgehead atoms. The highest BCUT2D eigenvalue weighted by molar-refractivity contribution is 5.79. The van der Waals surface area contributed by atoms with Crippen molar-refractivity contribution in [2.75, 3.05) is 33.5 Å². The van der Waals surface area contributed by atoms with Crippen LogP contribution >= 0.6 is 0 Å². The molecule has 2 N–H and O–H groups in total. The van der Waals surface area contributed by atoms with Gasteiger partial charge in [-0.25, -0.2) is 9.59 Å². The average Bonchev–Trinajstić information content (AvgIpc) is 2.32. The van der Waals surface area contributed by atoms with Crippen LogP contribution in [0.4, 0.5) is 4.79 Å². The molecule has 0 fully saturated rings. The molecule has 0 spiro atoms. The Morgan fingerprint density at radius 3 is 2.32 bits per heavy atom. The highest BCUT2D eigenvalue weighted by atomic mass is 16.6. The molecule has 0 radical (unpaired) electrons. The Morgan fingerprint density at radius 1 is 1.16 bits per heavy atom. The van der Waals surface area contributed by atoms with Crippen LogP contribution in [-0.2, 0) is 19.0 Å². The number of nitrogens with one attached hydrogen (secondary N) is 1. The molecule has 0 saturated carbocycles. The van der Waals surface area contributed by atoms with Crippen LogP contribution in [0, 0.1) is 5.92 Å². The zero-order valence-corrected chi connectivity index (χ0v) is 11.7. The summed E-state index contributed by atoms with van der Waals surface area (Å²) in [6, 6.07) is -0.929. The zero-order chi connectivity index (χ0) is 14.7. The van der Waals surface area contributed by atoms with Crippen LogP contribution in [-0.4, -0.2) is 56.7 Å². The fourth-order valence-electron chi connectivity index (χ4n) is 1.31. The van der Waals surface area contributed by atoms with E-state index in [-0.39, 0.29) is 19.1 Å². The lowest BCUT2D eigenvalue weighted by Crippen LogP contribution is -2.42. The standard InChI is InChI=1S/C12H23NO6/c1-9(2)8-10(11(14)15)13-12(16)19-7-6-18-5-4-17-3/h9-10H,4-8H2,1-3H3,(H,13,16)(H,14,15)/t10-/m0/s1. The van der Waals surface area contributed by atoms with E-state index in [1.165, 1.54) is 0 Å². The molecule has 0 aliphatic rings. The number of alkyl carbamates (subject to hydrolysis) is 1. The number of carbonyl (C=O) groups excluding carboxylic acids is 1. The molecule has 0 rings (SSSR count). The van der Waals surface area contributed by atoms with E-state index in [9.17, 15) is 9.59 Å². The van der Waals surface area contributed by atoms with Crippen LogP contribution in [0.1, 0.15) is 20.3 Å². The summed E-state index contributed by atoms with van der Waals surface area (Å²) in [5.74, 6) is -0.902. The van der Waals surface area contributed by atoms with Crippen molar-refractivity contribution in [3.05, 3.63) is 0 Å². The van der Waals surface area contributed by atoms with E-state index in [2.05, 4.69) is 5.32 Å². The minimum Gasteiger partial charge on any atom is -0.480 e. The molecule has 0 heterocycles. The number of methoxy groups -OCH3 is 1. The molecule has 7 heteroatoms. The van der Waals surface area contributed by atoms with Crippen LogP contribution in [0.3, 0.4) is 0 Å². The molecule has 0 aromatic rings. The van der Waals surface area contributed by atoms with Crippen molar-refractivity contribution < 1.29 is 28.9 Å². The van der Waals surface area contributed by atoms with Crippen LogP contribution in [0.15, 0.2) is 0 Å². The van der Waals surface area contributed by atoms with E-state index < -0.39 is 18.1 Å². The first-order valence-electron chi connectivity index (χ1n) is 6.20. The highest BCUT2D eigenvalue weighted by Gasteiger charge is 2.21. The number of carbonyl (C=O) groups is 2. The lowest BCUT2D eigenvalue weighted by molar-refractivity contribution is -0.139. The van der Waals surface area contributed by atoms with Gasteiger partial charge in [-0.3, -0.25) is 0 Å². The Kier molecular flexibility index (Phi) is 9.82. The summed E-state index contributed by atoms with van der Waals surface area (Å²) >= 11 is 0. The number of aliphatic carboxylic acids is 1. The lowest BCUT2D eigenvalue weighted by atomic mass is 10.0. The normalized spacial score (nSPS) is 12.2. The lowest BCUT2D eigenvalue weighted by Gasteiger charge is -2.16. The van der Waals surface area contributed by atoms with Gasteiger partial charge in [0.25, 0.3) is 0 Å². The van der Waals surface area contributed by atoms with Crippen molar-refractivity contribution in [3.63, 3.8) is 0 Å². The first kappa shape index (κ1) is 17.7. The van der Waals surface area contributed by atoms with Crippen molar-refractivity contribution in [2.45, 2.75) is 26.3 Å². The van der Waals surface area contributed by atoms with E-state index >= 15 is 0 Å². The van der Waals surface area contributed by atoms with Crippen LogP contribution in [0.2, 0.25) is 0 Å². The number of carboxylic acids is 1. The zero-order valence-electron chi connectivity index (χ0n) is 11.7. The molecule has 0 aliphatic heterocycles. The van der Waals surface area contributed by atoms with Gasteiger partial charge in [0.1, 0.15) is 12.6 Å². The van der Waals surface area contributed by atoms with E-state index in [0.717, 1.165) is 0 Å². The Labute approximate surface area is 113 Å². The van der Waals surface area contributed by atoms with Gasteiger partial charge in [-0.1, -0.05) is 13.8 Å².